The van der Waals surface area contributed by atoms with Crippen LogP contribution in [0.2, 0.25) is 26.6 Å². The van der Waals surface area contributed by atoms with E-state index in [-0.39, 0.29) is 0 Å². The molecule has 0 unspecified atom stereocenters. The van der Waals surface area contributed by atoms with Gasteiger partial charge in [-0.2, -0.15) is 0 Å². The van der Waals surface area contributed by atoms with E-state index in [0.29, 0.717) is 0 Å². The van der Waals surface area contributed by atoms with E-state index < -0.39 is 36.8 Å². The van der Waals surface area contributed by atoms with Gasteiger partial charge in [0, 0.05) is 0 Å². The van der Waals surface area contributed by atoms with Crippen molar-refractivity contribution in [3.63, 3.8) is 0 Å². The van der Waals surface area contributed by atoms with Gasteiger partial charge in [-0.3, -0.25) is 0 Å². The second-order valence-electron chi connectivity index (χ2n) is 11.1. The molecular formula is C32H60S2Sn2. The number of rotatable bonds is 20. The van der Waals surface area contributed by atoms with Gasteiger partial charge in [0.15, 0.2) is 0 Å². The second kappa shape index (κ2) is 21.8. The third kappa shape index (κ3) is 12.5. The van der Waals surface area contributed by atoms with Crippen LogP contribution >= 0.6 is 22.7 Å². The van der Waals surface area contributed by atoms with E-state index in [4.69, 9.17) is 0 Å². The maximum atomic E-state index is 2.47. The summed E-state index contributed by atoms with van der Waals surface area (Å²) < 4.78 is 13.3. The summed E-state index contributed by atoms with van der Waals surface area (Å²) in [4.78, 5) is 0. The van der Waals surface area contributed by atoms with Crippen molar-refractivity contribution in [3.8, 4) is 0 Å². The average molecular weight is 746 g/mol. The molecule has 0 aliphatic heterocycles. The minimum absolute atomic E-state index is 1.38. The Morgan fingerprint density at radius 2 is 0.694 bits per heavy atom. The molecule has 208 valence electrons. The Labute approximate surface area is 243 Å². The van der Waals surface area contributed by atoms with Crippen molar-refractivity contribution in [1.82, 2.24) is 0 Å². The van der Waals surface area contributed by atoms with Crippen LogP contribution in [-0.4, -0.2) is 36.8 Å². The monoisotopic (exact) mass is 748 g/mol. The molecule has 2 heterocycles. The third-order valence-electron chi connectivity index (χ3n) is 8.14. The first-order chi connectivity index (χ1) is 17.6. The van der Waals surface area contributed by atoms with Gasteiger partial charge >= 0.3 is 245 Å². The first-order valence-corrected chi connectivity index (χ1v) is 32.4. The zero-order valence-electron chi connectivity index (χ0n) is 25.0. The molecule has 2 aromatic heterocycles. The summed E-state index contributed by atoms with van der Waals surface area (Å²) in [5.74, 6) is 0. The van der Waals surface area contributed by atoms with Crippen LogP contribution in [-0.2, 0) is 0 Å². The summed E-state index contributed by atoms with van der Waals surface area (Å²) in [6.07, 6.45) is 17.1. The molecule has 36 heavy (non-hydrogen) atoms. The van der Waals surface area contributed by atoms with Gasteiger partial charge in [-0.1, -0.05) is 0 Å². The number of hydrogen-bond acceptors (Lipinski definition) is 2. The number of unbranched alkanes of at least 4 members (excludes halogenated alkanes) is 6. The van der Waals surface area contributed by atoms with Gasteiger partial charge in [-0.15, -0.1) is 0 Å². The van der Waals surface area contributed by atoms with Crippen LogP contribution in [0, 0.1) is 0 Å². The van der Waals surface area contributed by atoms with Crippen molar-refractivity contribution in [2.75, 3.05) is 0 Å². The van der Waals surface area contributed by atoms with Gasteiger partial charge < -0.3 is 0 Å². The van der Waals surface area contributed by atoms with Crippen molar-refractivity contribution >= 4 is 65.2 Å². The molecule has 4 heteroatoms. The van der Waals surface area contributed by atoms with Crippen LogP contribution < -0.4 is 5.79 Å². The summed E-state index contributed by atoms with van der Waals surface area (Å²) in [6.45, 7) is 14.1. The fourth-order valence-electron chi connectivity index (χ4n) is 5.74. The van der Waals surface area contributed by atoms with Gasteiger partial charge in [0.05, 0.1) is 0 Å². The molecule has 0 radical (unpaired) electrons. The van der Waals surface area contributed by atoms with Gasteiger partial charge in [0.2, 0.25) is 0 Å². The Morgan fingerprint density at radius 3 is 0.861 bits per heavy atom. The zero-order chi connectivity index (χ0) is 26.5. The molecule has 0 fully saturated rings. The summed E-state index contributed by atoms with van der Waals surface area (Å²) in [6, 6.07) is 9.52. The molecule has 0 nitrogen and oxygen atoms in total. The number of hydrogen-bond donors (Lipinski definition) is 0. The van der Waals surface area contributed by atoms with Crippen LogP contribution in [0.1, 0.15) is 119 Å². The SMILES string of the molecule is CCC[CH2][Sn]([CH2]CCC)([CH2]CCC)[c]1cccs1.CCC[CH2][Sn]([CH2]CCC)([CH2]CCC)[c]1cccs1. The van der Waals surface area contributed by atoms with Crippen LogP contribution in [0.25, 0.3) is 0 Å². The first-order valence-electron chi connectivity index (χ1n) is 15.7. The van der Waals surface area contributed by atoms with E-state index in [1.165, 1.54) is 77.0 Å². The molecule has 0 saturated heterocycles. The molecule has 2 aromatic rings. The molecule has 0 amide bonds. The van der Waals surface area contributed by atoms with Gasteiger partial charge in [0.25, 0.3) is 0 Å². The number of thiophene rings is 2. The Balaban J connectivity index is 0.000000360. The molecule has 0 saturated carbocycles. The van der Waals surface area contributed by atoms with Crippen LogP contribution in [0.15, 0.2) is 35.0 Å². The van der Waals surface area contributed by atoms with Crippen LogP contribution in [0.3, 0.4) is 0 Å². The van der Waals surface area contributed by atoms with E-state index in [1.54, 1.807) is 26.6 Å². The van der Waals surface area contributed by atoms with Crippen molar-refractivity contribution in [2.24, 2.45) is 0 Å². The molecule has 0 bridgehead atoms. The summed E-state index contributed by atoms with van der Waals surface area (Å²) in [5, 5.41) is 4.62. The quantitative estimate of drug-likeness (QED) is 0.118. The van der Waals surface area contributed by atoms with Crippen LogP contribution in [0.4, 0.5) is 0 Å². The molecule has 2 rings (SSSR count). The van der Waals surface area contributed by atoms with E-state index in [0.717, 1.165) is 0 Å². The molecule has 0 aliphatic rings. The van der Waals surface area contributed by atoms with Gasteiger partial charge in [-0.25, -0.2) is 0 Å². The van der Waals surface area contributed by atoms with Gasteiger partial charge in [-0.05, 0) is 0 Å². The van der Waals surface area contributed by atoms with E-state index in [2.05, 4.69) is 99.2 Å². The first kappa shape index (κ1) is 35.0. The third-order valence-corrected chi connectivity index (χ3v) is 46.7. The molecule has 0 N–H and O–H groups in total. The molecule has 0 aliphatic carbocycles. The maximum absolute atomic E-state index is 2.47. The predicted molar refractivity (Wildman–Crippen MR) is 178 cm³/mol. The summed E-state index contributed by atoms with van der Waals surface area (Å²) in [5.41, 5.74) is 0. The standard InChI is InChI=1S/2C4H3S.6C4H9.2Sn/c2*1-2-4-5-3-1;6*1-3-4-2;;/h2*1-3H;6*1,3-4H2,2H3;;. The fourth-order valence-corrected chi connectivity index (χ4v) is 45.4. The molecule has 0 spiro atoms. The summed E-state index contributed by atoms with van der Waals surface area (Å²) >= 11 is 0.122. The Hall–Kier alpha value is 0.997. The fraction of sp³-hybridized carbons (Fsp3) is 0.750. The normalized spacial score (nSPS) is 11.9. The Bertz CT molecular complexity index is 603. The topological polar surface area (TPSA) is 0 Å². The van der Waals surface area contributed by atoms with E-state index >= 15 is 0 Å². The summed E-state index contributed by atoms with van der Waals surface area (Å²) in [7, 11) is 0. The van der Waals surface area contributed by atoms with Crippen molar-refractivity contribution in [2.45, 2.75) is 145 Å². The Kier molecular flexibility index (Phi) is 21.2. The molecule has 0 aromatic carbocycles. The van der Waals surface area contributed by atoms with Gasteiger partial charge in [0.1, 0.15) is 0 Å². The van der Waals surface area contributed by atoms with E-state index in [9.17, 15) is 0 Å². The molecular weight excluding hydrogens is 686 g/mol. The van der Waals surface area contributed by atoms with Crippen molar-refractivity contribution in [1.29, 1.82) is 0 Å². The average Bonchev–Trinajstić information content (AvgIpc) is 3.64. The minimum atomic E-state index is -2.01. The van der Waals surface area contributed by atoms with Crippen LogP contribution in [0.5, 0.6) is 0 Å². The van der Waals surface area contributed by atoms with E-state index in [1.807, 2.05) is 5.79 Å². The van der Waals surface area contributed by atoms with Crippen molar-refractivity contribution in [3.05, 3.63) is 35.0 Å². The van der Waals surface area contributed by atoms with Crippen molar-refractivity contribution < 1.29 is 0 Å². The zero-order valence-corrected chi connectivity index (χ0v) is 32.3. The molecule has 0 atom stereocenters. The predicted octanol–water partition coefficient (Wildman–Crippen LogP) is 11.6. The second-order valence-corrected chi connectivity index (χ2v) is 41.4. The Morgan fingerprint density at radius 1 is 0.444 bits per heavy atom.